The van der Waals surface area contributed by atoms with Gasteiger partial charge in [-0.25, -0.2) is 0 Å². The van der Waals surface area contributed by atoms with Crippen LogP contribution in [-0.4, -0.2) is 6.21 Å². The third kappa shape index (κ3) is 7.53. The molecule has 0 heterocycles. The second-order valence-electron chi connectivity index (χ2n) is 3.39. The van der Waals surface area contributed by atoms with Crippen LogP contribution < -0.4 is 0 Å². The predicted molar refractivity (Wildman–Crippen MR) is 65.7 cm³/mol. The fourth-order valence-electron chi connectivity index (χ4n) is 0.888. The molecule has 0 bridgehead atoms. The summed E-state index contributed by atoms with van der Waals surface area (Å²) >= 11 is 0. The molecule has 0 rings (SSSR count). The first-order valence-electron chi connectivity index (χ1n) is 5.18. The van der Waals surface area contributed by atoms with Crippen LogP contribution in [0.1, 0.15) is 40.5 Å². The van der Waals surface area contributed by atoms with Crippen molar-refractivity contribution in [2.24, 2.45) is 4.99 Å². The quantitative estimate of drug-likeness (QED) is 0.349. The van der Waals surface area contributed by atoms with Gasteiger partial charge in [-0.05, 0) is 33.3 Å². The Balaban J connectivity index is 4.40. The maximum absolute atomic E-state index is 4.39. The average Bonchev–Trinajstić information content (AvgIpc) is 2.16. The Labute approximate surface area is 87.9 Å². The van der Waals surface area contributed by atoms with Crippen LogP contribution in [0.15, 0.2) is 40.6 Å². The molecular weight excluding hydrogens is 170 g/mol. The highest BCUT2D eigenvalue weighted by atomic mass is 14.7. The first kappa shape index (κ1) is 12.9. The van der Waals surface area contributed by atoms with Crippen molar-refractivity contribution < 1.29 is 0 Å². The molecule has 0 aromatic rings. The van der Waals surface area contributed by atoms with E-state index in [9.17, 15) is 0 Å². The molecule has 0 aromatic heterocycles. The first-order valence-corrected chi connectivity index (χ1v) is 5.18. The summed E-state index contributed by atoms with van der Waals surface area (Å²) in [6.45, 7) is 8.32. The molecule has 1 heteroatoms. The van der Waals surface area contributed by atoms with Crippen molar-refractivity contribution in [2.45, 2.75) is 40.5 Å². The molecule has 0 aliphatic carbocycles. The molecule has 78 valence electrons. The maximum atomic E-state index is 4.39. The van der Waals surface area contributed by atoms with E-state index in [1.807, 2.05) is 25.3 Å². The lowest BCUT2D eigenvalue weighted by Crippen LogP contribution is -1.79. The lowest BCUT2D eigenvalue weighted by molar-refractivity contribution is 1.13. The van der Waals surface area contributed by atoms with E-state index in [0.717, 1.165) is 18.5 Å². The highest BCUT2D eigenvalue weighted by Crippen LogP contribution is 2.06. The molecule has 0 aliphatic rings. The summed E-state index contributed by atoms with van der Waals surface area (Å²) in [7, 11) is 0. The lowest BCUT2D eigenvalue weighted by atomic mass is 10.2. The largest absolute Gasteiger partial charge is 0.265 e. The SMILES string of the molecule is C/C=C\C=C(/CC=C(C)C)N=CCC. The Kier molecular flexibility index (Phi) is 7.81. The van der Waals surface area contributed by atoms with Gasteiger partial charge in [0.05, 0.1) is 0 Å². The predicted octanol–water partition coefficient (Wildman–Crippen LogP) is 4.28. The number of allylic oxidation sites excluding steroid dienone is 5. The molecule has 0 spiro atoms. The van der Waals surface area contributed by atoms with Crippen molar-refractivity contribution in [1.82, 2.24) is 0 Å². The van der Waals surface area contributed by atoms with E-state index >= 15 is 0 Å². The van der Waals surface area contributed by atoms with Gasteiger partial charge in [-0.3, -0.25) is 4.99 Å². The molecule has 1 nitrogen and oxygen atoms in total. The Morgan fingerprint density at radius 1 is 1.29 bits per heavy atom. The minimum Gasteiger partial charge on any atom is -0.265 e. The topological polar surface area (TPSA) is 12.4 Å². The van der Waals surface area contributed by atoms with Crippen LogP contribution >= 0.6 is 0 Å². The fourth-order valence-corrected chi connectivity index (χ4v) is 0.888. The Morgan fingerprint density at radius 3 is 2.50 bits per heavy atom. The van der Waals surface area contributed by atoms with Crippen LogP contribution in [0.4, 0.5) is 0 Å². The summed E-state index contributed by atoms with van der Waals surface area (Å²) in [5.41, 5.74) is 2.45. The summed E-state index contributed by atoms with van der Waals surface area (Å²) in [4.78, 5) is 4.39. The van der Waals surface area contributed by atoms with Gasteiger partial charge in [0.15, 0.2) is 0 Å². The molecule has 0 radical (unpaired) electrons. The molecule has 0 amide bonds. The van der Waals surface area contributed by atoms with Gasteiger partial charge in [0, 0.05) is 18.3 Å². The second-order valence-corrected chi connectivity index (χ2v) is 3.39. The molecular formula is C13H21N. The summed E-state index contributed by atoms with van der Waals surface area (Å²) < 4.78 is 0. The highest BCUT2D eigenvalue weighted by Gasteiger charge is 1.88. The van der Waals surface area contributed by atoms with E-state index in [4.69, 9.17) is 0 Å². The third-order valence-corrected chi connectivity index (χ3v) is 1.64. The Morgan fingerprint density at radius 2 is 2.00 bits per heavy atom. The minimum atomic E-state index is 0.920. The van der Waals surface area contributed by atoms with E-state index in [2.05, 4.69) is 37.9 Å². The van der Waals surface area contributed by atoms with Crippen molar-refractivity contribution in [3.63, 3.8) is 0 Å². The monoisotopic (exact) mass is 191 g/mol. The van der Waals surface area contributed by atoms with Gasteiger partial charge in [-0.2, -0.15) is 0 Å². The van der Waals surface area contributed by atoms with Gasteiger partial charge in [0.25, 0.3) is 0 Å². The van der Waals surface area contributed by atoms with Crippen LogP contribution in [0.25, 0.3) is 0 Å². The molecule has 0 saturated carbocycles. The first-order chi connectivity index (χ1) is 6.70. The normalized spacial score (nSPS) is 12.7. The van der Waals surface area contributed by atoms with E-state index in [0.29, 0.717) is 0 Å². The summed E-state index contributed by atoms with van der Waals surface area (Å²) in [5, 5.41) is 0. The van der Waals surface area contributed by atoms with E-state index < -0.39 is 0 Å². The van der Waals surface area contributed by atoms with E-state index in [1.165, 1.54) is 5.57 Å². The van der Waals surface area contributed by atoms with Crippen LogP contribution in [0.3, 0.4) is 0 Å². The van der Waals surface area contributed by atoms with Crippen molar-refractivity contribution >= 4 is 6.21 Å². The lowest BCUT2D eigenvalue weighted by Gasteiger charge is -1.96. The minimum absolute atomic E-state index is 0.920. The van der Waals surface area contributed by atoms with Crippen LogP contribution in [0.5, 0.6) is 0 Å². The second kappa shape index (κ2) is 8.49. The van der Waals surface area contributed by atoms with Gasteiger partial charge in [-0.15, -0.1) is 0 Å². The molecule has 0 aliphatic heterocycles. The highest BCUT2D eigenvalue weighted by molar-refractivity contribution is 5.58. The van der Waals surface area contributed by atoms with Gasteiger partial charge >= 0.3 is 0 Å². The molecule has 0 fully saturated rings. The zero-order valence-electron chi connectivity index (χ0n) is 9.75. The molecule has 0 aromatic carbocycles. The molecule has 14 heavy (non-hydrogen) atoms. The standard InChI is InChI=1S/C13H21N/c1-5-7-8-13(14-11-6-2)10-9-12(3)4/h5,7-9,11H,6,10H2,1-4H3/b7-5-,13-8+,14-11?. The number of hydrogen-bond acceptors (Lipinski definition) is 1. The zero-order valence-corrected chi connectivity index (χ0v) is 9.75. The molecule has 0 saturated heterocycles. The van der Waals surface area contributed by atoms with Gasteiger partial charge < -0.3 is 0 Å². The third-order valence-electron chi connectivity index (χ3n) is 1.64. The van der Waals surface area contributed by atoms with Crippen molar-refractivity contribution in [2.75, 3.05) is 0 Å². The van der Waals surface area contributed by atoms with Gasteiger partial charge in [0.2, 0.25) is 0 Å². The van der Waals surface area contributed by atoms with Gasteiger partial charge in [0.1, 0.15) is 0 Å². The molecule has 0 unspecified atom stereocenters. The maximum Gasteiger partial charge on any atom is 0.0437 e. The van der Waals surface area contributed by atoms with E-state index in [-0.39, 0.29) is 0 Å². The fraction of sp³-hybridized carbons (Fsp3) is 0.462. The summed E-state index contributed by atoms with van der Waals surface area (Å²) in [6, 6.07) is 0. The summed E-state index contributed by atoms with van der Waals surface area (Å²) in [6.07, 6.45) is 12.2. The smallest absolute Gasteiger partial charge is 0.0437 e. The number of nitrogens with zero attached hydrogens (tertiary/aromatic N) is 1. The molecule has 0 N–H and O–H groups in total. The Hall–Kier alpha value is -1.11. The average molecular weight is 191 g/mol. The van der Waals surface area contributed by atoms with Crippen molar-refractivity contribution in [1.29, 1.82) is 0 Å². The van der Waals surface area contributed by atoms with Crippen LogP contribution in [-0.2, 0) is 0 Å². The van der Waals surface area contributed by atoms with Crippen molar-refractivity contribution in [3.05, 3.63) is 35.6 Å². The van der Waals surface area contributed by atoms with Gasteiger partial charge in [-0.1, -0.05) is 30.7 Å². The van der Waals surface area contributed by atoms with Crippen molar-refractivity contribution in [3.8, 4) is 0 Å². The summed E-state index contributed by atoms with van der Waals surface area (Å²) in [5.74, 6) is 0. The van der Waals surface area contributed by atoms with Crippen LogP contribution in [0, 0.1) is 0 Å². The van der Waals surface area contributed by atoms with Crippen LogP contribution in [0.2, 0.25) is 0 Å². The zero-order chi connectivity index (χ0) is 10.8. The van der Waals surface area contributed by atoms with E-state index in [1.54, 1.807) is 0 Å². The Bertz CT molecular complexity index is 250. The molecule has 0 atom stereocenters. The number of hydrogen-bond donors (Lipinski definition) is 0. The number of aliphatic imine (C=N–C) groups is 1. The number of rotatable bonds is 5.